The van der Waals surface area contributed by atoms with Gasteiger partial charge in [-0.15, -0.1) is 0 Å². The zero-order chi connectivity index (χ0) is 15.7. The minimum Gasteiger partial charge on any atom is -0.398 e. The first-order chi connectivity index (χ1) is 8.94. The molecular weight excluding hydrogens is 300 g/mol. The Bertz CT molecular complexity index is 709. The van der Waals surface area contributed by atoms with E-state index < -0.39 is 25.9 Å². The van der Waals surface area contributed by atoms with Crippen molar-refractivity contribution in [3.05, 3.63) is 23.3 Å². The molecule has 0 spiro atoms. The minimum atomic E-state index is -3.81. The summed E-state index contributed by atoms with van der Waals surface area (Å²) in [6, 6.07) is 2.55. The molecule has 3 N–H and O–H groups in total. The smallest absolute Gasteiger partial charge is 0.241 e. The van der Waals surface area contributed by atoms with Crippen molar-refractivity contribution in [3.63, 3.8) is 0 Å². The van der Waals surface area contributed by atoms with Crippen LogP contribution in [0.25, 0.3) is 0 Å². The molecule has 20 heavy (non-hydrogen) atoms. The number of sulfone groups is 1. The maximum atomic E-state index is 12.4. The molecule has 8 heteroatoms. The molecule has 0 aliphatic rings. The number of aryl methyl sites for hydroxylation is 1. The highest BCUT2D eigenvalue weighted by atomic mass is 32.2. The normalized spacial score (nSPS) is 14.2. The topological polar surface area (TPSA) is 106 Å². The Morgan fingerprint density at radius 1 is 1.20 bits per heavy atom. The SMILES string of the molecule is Cc1ccc(N)c(C)c1S(=O)(=O)NC(C)CS(C)(=O)=O. The van der Waals surface area contributed by atoms with Crippen molar-refractivity contribution in [2.75, 3.05) is 17.7 Å². The van der Waals surface area contributed by atoms with Crippen molar-refractivity contribution < 1.29 is 16.8 Å². The highest BCUT2D eigenvalue weighted by molar-refractivity contribution is 7.91. The molecule has 6 nitrogen and oxygen atoms in total. The van der Waals surface area contributed by atoms with E-state index in [9.17, 15) is 16.8 Å². The molecule has 1 aromatic carbocycles. The van der Waals surface area contributed by atoms with Crippen LogP contribution in [-0.2, 0) is 19.9 Å². The zero-order valence-corrected chi connectivity index (χ0v) is 13.6. The van der Waals surface area contributed by atoms with Crippen LogP contribution in [0.2, 0.25) is 0 Å². The molecule has 114 valence electrons. The van der Waals surface area contributed by atoms with E-state index in [4.69, 9.17) is 5.73 Å². The Labute approximate surface area is 120 Å². The zero-order valence-electron chi connectivity index (χ0n) is 12.0. The van der Waals surface area contributed by atoms with Crippen molar-refractivity contribution in [2.45, 2.75) is 31.7 Å². The molecule has 0 aromatic heterocycles. The average Bonchev–Trinajstić information content (AvgIpc) is 2.19. The van der Waals surface area contributed by atoms with E-state index >= 15 is 0 Å². The Morgan fingerprint density at radius 2 is 1.75 bits per heavy atom. The number of benzene rings is 1. The summed E-state index contributed by atoms with van der Waals surface area (Å²) in [7, 11) is -7.07. The van der Waals surface area contributed by atoms with Crippen molar-refractivity contribution in [1.29, 1.82) is 0 Å². The molecule has 0 bridgehead atoms. The molecule has 0 saturated carbocycles. The monoisotopic (exact) mass is 320 g/mol. The van der Waals surface area contributed by atoms with Crippen LogP contribution in [0.3, 0.4) is 0 Å². The summed E-state index contributed by atoms with van der Waals surface area (Å²) in [5, 5.41) is 0. The number of rotatable bonds is 5. The van der Waals surface area contributed by atoms with Crippen LogP contribution in [0, 0.1) is 13.8 Å². The van der Waals surface area contributed by atoms with Crippen LogP contribution in [0.5, 0.6) is 0 Å². The molecule has 1 aromatic rings. The van der Waals surface area contributed by atoms with Gasteiger partial charge in [0, 0.05) is 18.0 Å². The third-order valence-corrected chi connectivity index (χ3v) is 5.81. The molecule has 0 aliphatic carbocycles. The van der Waals surface area contributed by atoms with Gasteiger partial charge in [0.15, 0.2) is 0 Å². The van der Waals surface area contributed by atoms with Gasteiger partial charge in [-0.1, -0.05) is 6.07 Å². The molecular formula is C12H20N2O4S2. The minimum absolute atomic E-state index is 0.109. The summed E-state index contributed by atoms with van der Waals surface area (Å²) < 4.78 is 49.5. The van der Waals surface area contributed by atoms with Crippen LogP contribution in [0.4, 0.5) is 5.69 Å². The second-order valence-electron chi connectivity index (χ2n) is 5.04. The number of sulfonamides is 1. The maximum Gasteiger partial charge on any atom is 0.241 e. The number of nitrogen functional groups attached to an aromatic ring is 1. The van der Waals surface area contributed by atoms with Gasteiger partial charge in [0.25, 0.3) is 0 Å². The van der Waals surface area contributed by atoms with Gasteiger partial charge in [0.1, 0.15) is 9.84 Å². The second-order valence-corrected chi connectivity index (χ2v) is 8.88. The van der Waals surface area contributed by atoms with E-state index in [2.05, 4.69) is 4.72 Å². The molecule has 1 rings (SSSR count). The van der Waals surface area contributed by atoms with Gasteiger partial charge in [-0.2, -0.15) is 0 Å². The number of hydrogen-bond donors (Lipinski definition) is 2. The Balaban J connectivity index is 3.16. The summed E-state index contributed by atoms with van der Waals surface area (Å²) in [4.78, 5) is 0.109. The van der Waals surface area contributed by atoms with Crippen molar-refractivity contribution in [2.24, 2.45) is 0 Å². The Hall–Kier alpha value is -1.12. The van der Waals surface area contributed by atoms with Gasteiger partial charge in [-0.25, -0.2) is 21.6 Å². The predicted molar refractivity (Wildman–Crippen MR) is 79.8 cm³/mol. The van der Waals surface area contributed by atoms with Crippen LogP contribution in [-0.4, -0.2) is 34.9 Å². The van der Waals surface area contributed by atoms with Crippen molar-refractivity contribution >= 4 is 25.5 Å². The van der Waals surface area contributed by atoms with Crippen LogP contribution in [0.15, 0.2) is 17.0 Å². The summed E-state index contributed by atoms with van der Waals surface area (Å²) in [5.41, 5.74) is 7.14. The summed E-state index contributed by atoms with van der Waals surface area (Å²) >= 11 is 0. The number of anilines is 1. The molecule has 1 atom stereocenters. The molecule has 0 fully saturated rings. The highest BCUT2D eigenvalue weighted by Gasteiger charge is 2.24. The van der Waals surface area contributed by atoms with Crippen LogP contribution >= 0.6 is 0 Å². The number of hydrogen-bond acceptors (Lipinski definition) is 5. The molecule has 0 radical (unpaired) electrons. The third-order valence-electron chi connectivity index (χ3n) is 2.82. The standard InChI is InChI=1S/C12H20N2O4S2/c1-8-5-6-11(13)10(3)12(8)20(17,18)14-9(2)7-19(4,15)16/h5-6,9,14H,7,13H2,1-4H3. The summed E-state index contributed by atoms with van der Waals surface area (Å²) in [5.74, 6) is -0.257. The van der Waals surface area contributed by atoms with Gasteiger partial charge in [0.05, 0.1) is 10.6 Å². The number of nitrogens with two attached hydrogens (primary N) is 1. The first kappa shape index (κ1) is 16.9. The highest BCUT2D eigenvalue weighted by Crippen LogP contribution is 2.24. The lowest BCUT2D eigenvalue weighted by atomic mass is 10.1. The van der Waals surface area contributed by atoms with Crippen LogP contribution < -0.4 is 10.5 Å². The first-order valence-corrected chi connectivity index (χ1v) is 9.54. The predicted octanol–water partition coefficient (Wildman–Crippen LogP) is 0.597. The first-order valence-electron chi connectivity index (χ1n) is 6.00. The maximum absolute atomic E-state index is 12.4. The van der Waals surface area contributed by atoms with Gasteiger partial charge in [0.2, 0.25) is 10.0 Å². The van der Waals surface area contributed by atoms with Crippen molar-refractivity contribution in [1.82, 2.24) is 4.72 Å². The average molecular weight is 320 g/mol. The molecule has 0 saturated heterocycles. The van der Waals surface area contributed by atoms with E-state index in [0.717, 1.165) is 6.26 Å². The van der Waals surface area contributed by atoms with E-state index in [1.54, 1.807) is 26.0 Å². The van der Waals surface area contributed by atoms with Crippen molar-refractivity contribution in [3.8, 4) is 0 Å². The van der Waals surface area contributed by atoms with E-state index in [0.29, 0.717) is 16.8 Å². The molecule has 1 unspecified atom stereocenters. The van der Waals surface area contributed by atoms with E-state index in [1.807, 2.05) is 0 Å². The quantitative estimate of drug-likeness (QED) is 0.773. The summed E-state index contributed by atoms with van der Waals surface area (Å²) in [6.07, 6.45) is 1.06. The Morgan fingerprint density at radius 3 is 2.25 bits per heavy atom. The lowest BCUT2D eigenvalue weighted by Gasteiger charge is -2.17. The lowest BCUT2D eigenvalue weighted by Crippen LogP contribution is -2.37. The number of nitrogens with one attached hydrogen (secondary N) is 1. The molecule has 0 amide bonds. The second kappa shape index (κ2) is 5.71. The summed E-state index contributed by atoms with van der Waals surface area (Å²) in [6.45, 7) is 4.80. The van der Waals surface area contributed by atoms with Gasteiger partial charge < -0.3 is 5.73 Å². The molecule has 0 aliphatic heterocycles. The third kappa shape index (κ3) is 4.19. The van der Waals surface area contributed by atoms with Crippen LogP contribution in [0.1, 0.15) is 18.1 Å². The fourth-order valence-electron chi connectivity index (χ4n) is 2.07. The van der Waals surface area contributed by atoms with Gasteiger partial charge in [-0.3, -0.25) is 0 Å². The van der Waals surface area contributed by atoms with E-state index in [1.165, 1.54) is 6.92 Å². The fraction of sp³-hybridized carbons (Fsp3) is 0.500. The molecule has 0 heterocycles. The fourth-order valence-corrected chi connectivity index (χ4v) is 4.91. The largest absolute Gasteiger partial charge is 0.398 e. The Kier molecular flexibility index (Phi) is 4.83. The van der Waals surface area contributed by atoms with E-state index in [-0.39, 0.29) is 10.6 Å². The lowest BCUT2D eigenvalue weighted by molar-refractivity contribution is 0.563. The van der Waals surface area contributed by atoms with Gasteiger partial charge in [-0.05, 0) is 38.0 Å². The van der Waals surface area contributed by atoms with Gasteiger partial charge >= 0.3 is 0 Å².